The van der Waals surface area contributed by atoms with Gasteiger partial charge in [0.2, 0.25) is 0 Å². The van der Waals surface area contributed by atoms with Crippen molar-refractivity contribution in [2.45, 2.75) is 45.3 Å². The number of aliphatic hydroxyl groups is 1. The van der Waals surface area contributed by atoms with E-state index in [1.807, 2.05) is 18.2 Å². The molecule has 3 aromatic carbocycles. The Kier molecular flexibility index (Phi) is 6.61. The zero-order valence-corrected chi connectivity index (χ0v) is 19.8. The van der Waals surface area contributed by atoms with Crippen molar-refractivity contribution in [2.24, 2.45) is 0 Å². The van der Waals surface area contributed by atoms with Gasteiger partial charge in [0.05, 0.1) is 6.10 Å². The molecule has 0 saturated carbocycles. The summed E-state index contributed by atoms with van der Waals surface area (Å²) in [5.74, 6) is -0.0239. The van der Waals surface area contributed by atoms with Crippen molar-refractivity contribution >= 4 is 17.7 Å². The van der Waals surface area contributed by atoms with E-state index in [1.165, 1.54) is 27.8 Å². The third-order valence-corrected chi connectivity index (χ3v) is 6.99. The highest BCUT2D eigenvalue weighted by Crippen LogP contribution is 2.30. The molecule has 1 aliphatic heterocycles. The van der Waals surface area contributed by atoms with Gasteiger partial charge in [-0.1, -0.05) is 54.1 Å². The van der Waals surface area contributed by atoms with Crippen LogP contribution in [0.2, 0.25) is 0 Å². The summed E-state index contributed by atoms with van der Waals surface area (Å²) in [5, 5.41) is 12.8. The summed E-state index contributed by atoms with van der Waals surface area (Å²) in [6.45, 7) is 4.84. The van der Waals surface area contributed by atoms with E-state index in [2.05, 4.69) is 71.7 Å². The Balaban J connectivity index is 1.25. The van der Waals surface area contributed by atoms with E-state index in [9.17, 15) is 9.90 Å². The van der Waals surface area contributed by atoms with Gasteiger partial charge in [-0.05, 0) is 84.7 Å². The van der Waals surface area contributed by atoms with Gasteiger partial charge < -0.3 is 10.4 Å². The fraction of sp³-hybridized carbons (Fsp3) is 0.300. The molecule has 4 heteroatoms. The van der Waals surface area contributed by atoms with Crippen LogP contribution in [0, 0.1) is 6.92 Å². The van der Waals surface area contributed by atoms with Crippen molar-refractivity contribution in [3.8, 4) is 11.1 Å². The number of anilines is 1. The number of nitrogens with zero attached hydrogens (tertiary/aromatic N) is 1. The van der Waals surface area contributed by atoms with Gasteiger partial charge in [-0.25, -0.2) is 0 Å². The van der Waals surface area contributed by atoms with Crippen molar-refractivity contribution in [1.29, 1.82) is 0 Å². The molecule has 34 heavy (non-hydrogen) atoms. The smallest absolute Gasteiger partial charge is 0.251 e. The number of aliphatic hydroxyl groups excluding tert-OH is 1. The number of rotatable bonds is 5. The van der Waals surface area contributed by atoms with Crippen LogP contribution in [0.1, 0.15) is 41.5 Å². The Labute approximate surface area is 201 Å². The van der Waals surface area contributed by atoms with Crippen LogP contribution in [-0.2, 0) is 17.8 Å². The van der Waals surface area contributed by atoms with E-state index in [1.54, 1.807) is 0 Å². The Bertz CT molecular complexity index is 1190. The molecule has 3 aromatic rings. The second-order valence-corrected chi connectivity index (χ2v) is 9.61. The number of aryl methyl sites for hydroxylation is 2. The van der Waals surface area contributed by atoms with Crippen molar-refractivity contribution in [3.63, 3.8) is 0 Å². The summed E-state index contributed by atoms with van der Waals surface area (Å²) < 4.78 is 0. The first-order valence-electron chi connectivity index (χ1n) is 12.2. The molecular formula is C30H32N2O2. The molecule has 2 N–H and O–H groups in total. The number of carbonyl (C=O) groups is 1. The topological polar surface area (TPSA) is 52.6 Å². The fourth-order valence-electron chi connectivity index (χ4n) is 4.83. The summed E-state index contributed by atoms with van der Waals surface area (Å²) in [6.07, 6.45) is 5.22. The Morgan fingerprint density at radius 1 is 0.941 bits per heavy atom. The second-order valence-electron chi connectivity index (χ2n) is 9.61. The molecule has 2 aliphatic rings. The number of fused-ring (bicyclic) bond motifs is 1. The average Bonchev–Trinajstić information content (AvgIpc) is 2.86. The summed E-state index contributed by atoms with van der Waals surface area (Å²) in [5.41, 5.74) is 8.92. The van der Waals surface area contributed by atoms with Crippen molar-refractivity contribution in [2.75, 3.05) is 18.4 Å². The van der Waals surface area contributed by atoms with Crippen LogP contribution >= 0.6 is 0 Å². The molecule has 1 heterocycles. The van der Waals surface area contributed by atoms with Gasteiger partial charge in [-0.15, -0.1) is 0 Å². The van der Waals surface area contributed by atoms with E-state index in [-0.39, 0.29) is 12.0 Å². The van der Waals surface area contributed by atoms with Crippen LogP contribution in [0.25, 0.3) is 17.2 Å². The first-order chi connectivity index (χ1) is 16.5. The summed E-state index contributed by atoms with van der Waals surface area (Å²) in [4.78, 5) is 15.4. The zero-order chi connectivity index (χ0) is 23.5. The molecule has 0 aromatic heterocycles. The van der Waals surface area contributed by atoms with E-state index in [0.717, 1.165) is 62.1 Å². The average molecular weight is 453 g/mol. The highest BCUT2D eigenvalue weighted by Gasteiger charge is 2.18. The molecule has 1 aliphatic carbocycles. The normalized spacial score (nSPS) is 16.6. The number of nitrogens with one attached hydrogen (secondary N) is 1. The van der Waals surface area contributed by atoms with E-state index in [0.29, 0.717) is 0 Å². The summed E-state index contributed by atoms with van der Waals surface area (Å²) >= 11 is 0. The lowest BCUT2D eigenvalue weighted by Gasteiger charge is -2.29. The monoisotopic (exact) mass is 452 g/mol. The van der Waals surface area contributed by atoms with Gasteiger partial charge in [0.25, 0.3) is 5.91 Å². The third-order valence-electron chi connectivity index (χ3n) is 6.99. The van der Waals surface area contributed by atoms with Crippen LogP contribution < -0.4 is 5.32 Å². The van der Waals surface area contributed by atoms with Crippen LogP contribution in [0.15, 0.2) is 72.3 Å². The first kappa shape index (κ1) is 22.6. The molecule has 1 saturated heterocycles. The SMILES string of the molecule is Cc1ccc(-c2ccc3c(c2)C=C(C(=O)Nc2ccc(CN4CCC(O)CC4)cc2)CC3)cc1. The lowest BCUT2D eigenvalue weighted by molar-refractivity contribution is -0.112. The Hall–Kier alpha value is -3.21. The summed E-state index contributed by atoms with van der Waals surface area (Å²) in [6, 6.07) is 23.3. The van der Waals surface area contributed by atoms with Gasteiger partial charge in [-0.3, -0.25) is 9.69 Å². The maximum atomic E-state index is 13.0. The maximum Gasteiger partial charge on any atom is 0.251 e. The molecule has 1 amide bonds. The number of hydrogen-bond acceptors (Lipinski definition) is 3. The minimum absolute atomic E-state index is 0.0239. The quantitative estimate of drug-likeness (QED) is 0.531. The minimum atomic E-state index is -0.149. The van der Waals surface area contributed by atoms with Crippen molar-refractivity contribution in [1.82, 2.24) is 4.90 Å². The molecule has 1 fully saturated rings. The largest absolute Gasteiger partial charge is 0.393 e. The second kappa shape index (κ2) is 9.96. The van der Waals surface area contributed by atoms with Crippen molar-refractivity contribution < 1.29 is 9.90 Å². The van der Waals surface area contributed by atoms with Gasteiger partial charge in [0.1, 0.15) is 0 Å². The highest BCUT2D eigenvalue weighted by molar-refractivity contribution is 6.07. The van der Waals surface area contributed by atoms with Gasteiger partial charge in [-0.2, -0.15) is 0 Å². The minimum Gasteiger partial charge on any atom is -0.393 e. The van der Waals surface area contributed by atoms with E-state index in [4.69, 9.17) is 0 Å². The van der Waals surface area contributed by atoms with Crippen LogP contribution in [0.5, 0.6) is 0 Å². The zero-order valence-electron chi connectivity index (χ0n) is 19.8. The standard InChI is InChI=1S/C30H32N2O2/c1-21-2-6-23(7-3-21)25-10-8-24-9-11-26(19-27(24)18-25)30(34)31-28-12-4-22(5-13-28)20-32-16-14-29(33)15-17-32/h2-8,10,12-13,18-19,29,33H,9,11,14-17,20H2,1H3,(H,31,34). The molecule has 0 atom stereocenters. The lowest BCUT2D eigenvalue weighted by atomic mass is 9.89. The van der Waals surface area contributed by atoms with E-state index >= 15 is 0 Å². The number of hydrogen-bond donors (Lipinski definition) is 2. The molecule has 0 spiro atoms. The number of likely N-dealkylation sites (tertiary alicyclic amines) is 1. The number of amides is 1. The summed E-state index contributed by atoms with van der Waals surface area (Å²) in [7, 11) is 0. The lowest BCUT2D eigenvalue weighted by Crippen LogP contribution is -2.35. The molecule has 5 rings (SSSR count). The van der Waals surface area contributed by atoms with E-state index < -0.39 is 0 Å². The number of piperidine rings is 1. The van der Waals surface area contributed by atoms with Gasteiger partial charge >= 0.3 is 0 Å². The molecule has 174 valence electrons. The predicted octanol–water partition coefficient (Wildman–Crippen LogP) is 5.59. The molecule has 0 unspecified atom stereocenters. The van der Waals surface area contributed by atoms with Crippen LogP contribution in [0.3, 0.4) is 0 Å². The van der Waals surface area contributed by atoms with Crippen molar-refractivity contribution in [3.05, 3.63) is 94.6 Å². The van der Waals surface area contributed by atoms with Crippen LogP contribution in [-0.4, -0.2) is 35.1 Å². The molecule has 4 nitrogen and oxygen atoms in total. The predicted molar refractivity (Wildman–Crippen MR) is 139 cm³/mol. The van der Waals surface area contributed by atoms with Crippen LogP contribution in [0.4, 0.5) is 5.69 Å². The maximum absolute atomic E-state index is 13.0. The highest BCUT2D eigenvalue weighted by atomic mass is 16.3. The third kappa shape index (κ3) is 5.30. The van der Waals surface area contributed by atoms with Gasteiger partial charge in [0, 0.05) is 30.9 Å². The van der Waals surface area contributed by atoms with Gasteiger partial charge in [0.15, 0.2) is 0 Å². The number of benzene rings is 3. The fourth-order valence-corrected chi connectivity index (χ4v) is 4.83. The molecule has 0 bridgehead atoms. The first-order valence-corrected chi connectivity index (χ1v) is 12.2. The number of carbonyl (C=O) groups excluding carboxylic acids is 1. The Morgan fingerprint density at radius 3 is 2.38 bits per heavy atom. The molecule has 0 radical (unpaired) electrons. The molecular weight excluding hydrogens is 420 g/mol. The Morgan fingerprint density at radius 2 is 1.65 bits per heavy atom.